The lowest BCUT2D eigenvalue weighted by atomic mass is 10.1. The van der Waals surface area contributed by atoms with Gasteiger partial charge in [0, 0.05) is 34.5 Å². The number of pyridine rings is 1. The summed E-state index contributed by atoms with van der Waals surface area (Å²) in [6.07, 6.45) is 1.74. The zero-order chi connectivity index (χ0) is 14.8. The van der Waals surface area contributed by atoms with Crippen molar-refractivity contribution in [1.82, 2.24) is 10.3 Å². The van der Waals surface area contributed by atoms with Gasteiger partial charge in [0.1, 0.15) is 6.04 Å². The summed E-state index contributed by atoms with van der Waals surface area (Å²) in [5.74, 6) is 0.531. The monoisotopic (exact) mass is 347 g/mol. The van der Waals surface area contributed by atoms with E-state index in [4.69, 9.17) is 4.74 Å². The molecule has 3 rings (SSSR count). The summed E-state index contributed by atoms with van der Waals surface area (Å²) in [6, 6.07) is 9.09. The average molecular weight is 348 g/mol. The van der Waals surface area contributed by atoms with Crippen molar-refractivity contribution in [3.8, 4) is 5.88 Å². The van der Waals surface area contributed by atoms with Gasteiger partial charge in [-0.2, -0.15) is 0 Å². The second kappa shape index (κ2) is 5.83. The Morgan fingerprint density at radius 3 is 2.95 bits per heavy atom. The number of nitrogens with one attached hydrogen (secondary N) is 2. The van der Waals surface area contributed by atoms with Gasteiger partial charge < -0.3 is 10.1 Å². The number of amides is 1. The van der Waals surface area contributed by atoms with Crippen LogP contribution in [0.2, 0.25) is 0 Å². The summed E-state index contributed by atoms with van der Waals surface area (Å²) in [6.45, 7) is 0.551. The highest BCUT2D eigenvalue weighted by atomic mass is 79.9. The maximum atomic E-state index is 12.1. The second-order valence-corrected chi connectivity index (χ2v) is 5.57. The van der Waals surface area contributed by atoms with Gasteiger partial charge in [-0.3, -0.25) is 10.1 Å². The normalized spacial score (nSPS) is 16.5. The first-order valence-electron chi connectivity index (χ1n) is 6.50. The Balaban J connectivity index is 1.75. The third-order valence-corrected chi connectivity index (χ3v) is 4.07. The Labute approximate surface area is 130 Å². The minimum Gasteiger partial charge on any atom is -0.481 e. The van der Waals surface area contributed by atoms with Crippen molar-refractivity contribution in [3.63, 3.8) is 0 Å². The number of carbonyl (C=O) groups is 1. The molecule has 1 atom stereocenters. The van der Waals surface area contributed by atoms with Crippen LogP contribution in [0.3, 0.4) is 0 Å². The number of nitrogens with zero attached hydrogens (tertiary/aromatic N) is 1. The van der Waals surface area contributed by atoms with E-state index in [2.05, 4.69) is 31.5 Å². The molecule has 1 aliphatic heterocycles. The van der Waals surface area contributed by atoms with E-state index in [1.165, 1.54) is 0 Å². The van der Waals surface area contributed by atoms with E-state index in [1.807, 2.05) is 24.3 Å². The Hall–Kier alpha value is -1.92. The number of carbonyl (C=O) groups excluding carboxylic acids is 1. The fourth-order valence-corrected chi connectivity index (χ4v) is 2.92. The van der Waals surface area contributed by atoms with Gasteiger partial charge >= 0.3 is 0 Å². The van der Waals surface area contributed by atoms with Gasteiger partial charge in [-0.15, -0.1) is 0 Å². The first-order chi connectivity index (χ1) is 10.2. The number of fused-ring (bicyclic) bond motifs is 1. The quantitative estimate of drug-likeness (QED) is 0.892. The number of benzene rings is 1. The van der Waals surface area contributed by atoms with Crippen LogP contribution in [0.15, 0.2) is 41.0 Å². The predicted molar refractivity (Wildman–Crippen MR) is 83.1 cm³/mol. The topological polar surface area (TPSA) is 63.2 Å². The Bertz CT molecular complexity index is 673. The van der Waals surface area contributed by atoms with Crippen LogP contribution in [0.5, 0.6) is 5.88 Å². The Morgan fingerprint density at radius 2 is 2.24 bits per heavy atom. The Kier molecular flexibility index (Phi) is 3.90. The molecule has 0 radical (unpaired) electrons. The van der Waals surface area contributed by atoms with Crippen molar-refractivity contribution in [2.75, 3.05) is 12.4 Å². The minimum absolute atomic E-state index is 0.0432. The lowest BCUT2D eigenvalue weighted by Gasteiger charge is -2.12. The number of rotatable bonds is 4. The fourth-order valence-electron chi connectivity index (χ4n) is 2.33. The molecule has 108 valence electrons. The van der Waals surface area contributed by atoms with E-state index in [9.17, 15) is 4.79 Å². The van der Waals surface area contributed by atoms with Gasteiger partial charge in [-0.25, -0.2) is 4.98 Å². The van der Waals surface area contributed by atoms with Gasteiger partial charge in [-0.1, -0.05) is 28.1 Å². The molecule has 1 unspecified atom stereocenters. The zero-order valence-electron chi connectivity index (χ0n) is 11.4. The number of hydrogen-bond donors (Lipinski definition) is 2. The van der Waals surface area contributed by atoms with Gasteiger partial charge in [-0.05, 0) is 17.7 Å². The highest BCUT2D eigenvalue weighted by Gasteiger charge is 2.31. The summed E-state index contributed by atoms with van der Waals surface area (Å²) >= 11 is 3.50. The first-order valence-corrected chi connectivity index (χ1v) is 7.30. The molecule has 0 bridgehead atoms. The van der Waals surface area contributed by atoms with Crippen LogP contribution in [-0.2, 0) is 11.3 Å². The molecule has 6 heteroatoms. The van der Waals surface area contributed by atoms with Gasteiger partial charge in [0.05, 0.1) is 7.11 Å². The average Bonchev–Trinajstić information content (AvgIpc) is 2.82. The Morgan fingerprint density at radius 1 is 1.38 bits per heavy atom. The maximum Gasteiger partial charge on any atom is 0.246 e. The molecule has 2 heterocycles. The summed E-state index contributed by atoms with van der Waals surface area (Å²) in [5, 5.41) is 6.14. The molecule has 21 heavy (non-hydrogen) atoms. The number of hydrogen-bond acceptors (Lipinski definition) is 4. The molecule has 0 saturated carbocycles. The van der Waals surface area contributed by atoms with Crippen molar-refractivity contribution < 1.29 is 9.53 Å². The van der Waals surface area contributed by atoms with Crippen molar-refractivity contribution in [2.45, 2.75) is 12.6 Å². The number of halogens is 1. The van der Waals surface area contributed by atoms with Crippen molar-refractivity contribution >= 4 is 27.5 Å². The molecule has 0 fully saturated rings. The molecule has 1 aromatic heterocycles. The zero-order valence-corrected chi connectivity index (χ0v) is 13.0. The third-order valence-electron chi connectivity index (χ3n) is 3.38. The largest absolute Gasteiger partial charge is 0.481 e. The van der Waals surface area contributed by atoms with Crippen LogP contribution in [-0.4, -0.2) is 18.0 Å². The number of methoxy groups -OCH3 is 1. The molecule has 2 N–H and O–H groups in total. The molecule has 1 amide bonds. The fraction of sp³-hybridized carbons (Fsp3) is 0.200. The smallest absolute Gasteiger partial charge is 0.246 e. The summed E-state index contributed by atoms with van der Waals surface area (Å²) in [7, 11) is 1.58. The minimum atomic E-state index is -0.363. The molecule has 0 saturated heterocycles. The van der Waals surface area contributed by atoms with Crippen LogP contribution in [0.4, 0.5) is 5.69 Å². The van der Waals surface area contributed by atoms with Crippen LogP contribution in [0, 0.1) is 0 Å². The molecule has 1 aliphatic rings. The summed E-state index contributed by atoms with van der Waals surface area (Å²) in [4.78, 5) is 16.2. The number of aromatic nitrogens is 1. The standard InChI is InChI=1S/C15H14BrN3O2/c1-21-12-6-5-9(7-17-12)8-18-14-13-10(16)3-2-4-11(13)19-15(14)20/h2-7,14,18H,8H2,1H3,(H,19,20). The van der Waals surface area contributed by atoms with E-state index >= 15 is 0 Å². The lowest BCUT2D eigenvalue weighted by Crippen LogP contribution is -2.27. The number of anilines is 1. The molecule has 0 aliphatic carbocycles. The van der Waals surface area contributed by atoms with Crippen LogP contribution >= 0.6 is 15.9 Å². The highest BCUT2D eigenvalue weighted by Crippen LogP contribution is 2.36. The summed E-state index contributed by atoms with van der Waals surface area (Å²) < 4.78 is 5.94. The van der Waals surface area contributed by atoms with Crippen molar-refractivity contribution in [1.29, 1.82) is 0 Å². The van der Waals surface area contributed by atoms with Gasteiger partial charge in [0.25, 0.3) is 0 Å². The second-order valence-electron chi connectivity index (χ2n) is 4.71. The van der Waals surface area contributed by atoms with Crippen LogP contribution in [0.25, 0.3) is 0 Å². The maximum absolute atomic E-state index is 12.1. The molecule has 1 aromatic carbocycles. The first kappa shape index (κ1) is 14.0. The molecule has 2 aromatic rings. The molecular formula is C15H14BrN3O2. The lowest BCUT2D eigenvalue weighted by molar-refractivity contribution is -0.117. The molecular weight excluding hydrogens is 334 g/mol. The highest BCUT2D eigenvalue weighted by molar-refractivity contribution is 9.10. The van der Waals surface area contributed by atoms with Crippen molar-refractivity contribution in [2.24, 2.45) is 0 Å². The SMILES string of the molecule is COc1ccc(CNC2C(=O)Nc3cccc(Br)c32)cn1. The summed E-state index contributed by atoms with van der Waals surface area (Å²) in [5.41, 5.74) is 2.79. The van der Waals surface area contributed by atoms with Crippen LogP contribution < -0.4 is 15.4 Å². The third kappa shape index (κ3) is 2.77. The van der Waals surface area contributed by atoms with E-state index in [1.54, 1.807) is 19.4 Å². The van der Waals surface area contributed by atoms with E-state index in [0.29, 0.717) is 12.4 Å². The van der Waals surface area contributed by atoms with Gasteiger partial charge in [0.15, 0.2) is 0 Å². The molecule has 0 spiro atoms. The van der Waals surface area contributed by atoms with E-state index in [-0.39, 0.29) is 11.9 Å². The number of ether oxygens (including phenoxy) is 1. The van der Waals surface area contributed by atoms with Crippen molar-refractivity contribution in [3.05, 3.63) is 52.1 Å². The molecule has 5 nitrogen and oxygen atoms in total. The van der Waals surface area contributed by atoms with Crippen LogP contribution in [0.1, 0.15) is 17.2 Å². The van der Waals surface area contributed by atoms with E-state index < -0.39 is 0 Å². The van der Waals surface area contributed by atoms with Gasteiger partial charge in [0.2, 0.25) is 11.8 Å². The predicted octanol–water partition coefficient (Wildman–Crippen LogP) is 2.64. The van der Waals surface area contributed by atoms with E-state index in [0.717, 1.165) is 21.3 Å².